The van der Waals surface area contributed by atoms with Crippen LogP contribution in [0.5, 0.6) is 5.75 Å². The van der Waals surface area contributed by atoms with Gasteiger partial charge in [-0.25, -0.2) is 0 Å². The molecular weight excluding hydrogens is 845 g/mol. The third-order valence-electron chi connectivity index (χ3n) is 17.2. The average Bonchev–Trinajstić information content (AvgIpc) is 3.87. The molecule has 0 aliphatic heterocycles. The Kier molecular flexibility index (Phi) is 9.79. The Morgan fingerprint density at radius 2 is 0.557 bits per heavy atom. The van der Waals surface area contributed by atoms with Gasteiger partial charge in [-0.2, -0.15) is 0 Å². The number of methoxy groups -OCH3 is 1. The molecule has 0 unspecified atom stereocenters. The van der Waals surface area contributed by atoms with Crippen LogP contribution < -0.4 is 4.74 Å². The standard InChI is InChI=1S/C69H56O/c1-6-68(7-2)60-29-19-18-20-48(60)49-37-32-44(40-61(49)68)66-56-25-14-16-27-58(56)67(59-28-17-15-26-57(59)66)46-34-39-51-50-38-33-45(41-62(50)69(8-3,9-4)63(51)42-46)65-54-23-12-10-21-52(54)64(53-22-11-13-24-55(53)65)43-30-35-47(70-5)36-31-43/h10-42H,6-9H2,1-5H3. The van der Waals surface area contributed by atoms with Crippen LogP contribution in [-0.2, 0) is 10.8 Å². The van der Waals surface area contributed by atoms with Gasteiger partial charge < -0.3 is 4.74 Å². The lowest BCUT2D eigenvalue weighted by atomic mass is 9.72. The number of benzene rings is 11. The molecule has 1 heteroatoms. The van der Waals surface area contributed by atoms with E-state index in [9.17, 15) is 0 Å². The van der Waals surface area contributed by atoms with Crippen molar-refractivity contribution in [1.82, 2.24) is 0 Å². The van der Waals surface area contributed by atoms with Crippen LogP contribution in [-0.4, -0.2) is 7.11 Å². The van der Waals surface area contributed by atoms with Crippen LogP contribution >= 0.6 is 0 Å². The number of rotatable bonds is 9. The Balaban J connectivity index is 0.978. The summed E-state index contributed by atoms with van der Waals surface area (Å²) >= 11 is 0. The van der Waals surface area contributed by atoms with Gasteiger partial charge in [-0.3, -0.25) is 0 Å². The summed E-state index contributed by atoms with van der Waals surface area (Å²) in [4.78, 5) is 0. The minimum atomic E-state index is -0.149. The van der Waals surface area contributed by atoms with Crippen molar-refractivity contribution in [2.45, 2.75) is 64.2 Å². The minimum Gasteiger partial charge on any atom is -0.497 e. The van der Waals surface area contributed by atoms with Crippen LogP contribution in [0.1, 0.15) is 75.6 Å². The lowest BCUT2D eigenvalue weighted by Crippen LogP contribution is -2.23. The van der Waals surface area contributed by atoms with Crippen LogP contribution in [0.25, 0.3) is 110 Å². The summed E-state index contributed by atoms with van der Waals surface area (Å²) in [5.74, 6) is 0.864. The van der Waals surface area contributed by atoms with Crippen molar-refractivity contribution in [3.05, 3.63) is 222 Å². The molecule has 70 heavy (non-hydrogen) atoms. The predicted molar refractivity (Wildman–Crippen MR) is 298 cm³/mol. The molecule has 338 valence electrons. The van der Waals surface area contributed by atoms with Crippen LogP contribution in [0.15, 0.2) is 200 Å². The van der Waals surface area contributed by atoms with E-state index in [-0.39, 0.29) is 10.8 Å². The summed E-state index contributed by atoms with van der Waals surface area (Å²) in [6.07, 6.45) is 4.16. The predicted octanol–water partition coefficient (Wildman–Crippen LogP) is 19.1. The van der Waals surface area contributed by atoms with Gasteiger partial charge in [0.25, 0.3) is 0 Å². The highest BCUT2D eigenvalue weighted by Gasteiger charge is 2.42. The van der Waals surface area contributed by atoms with E-state index in [0.717, 1.165) is 31.4 Å². The summed E-state index contributed by atoms with van der Waals surface area (Å²) in [6.45, 7) is 9.54. The number of hydrogen-bond donors (Lipinski definition) is 0. The van der Waals surface area contributed by atoms with Gasteiger partial charge in [0.05, 0.1) is 7.11 Å². The molecule has 1 nitrogen and oxygen atoms in total. The summed E-state index contributed by atoms with van der Waals surface area (Å²) in [7, 11) is 1.73. The van der Waals surface area contributed by atoms with Gasteiger partial charge in [0.2, 0.25) is 0 Å². The second-order valence-electron chi connectivity index (χ2n) is 19.8. The summed E-state index contributed by atoms with van der Waals surface area (Å²) in [6, 6.07) is 76.1. The largest absolute Gasteiger partial charge is 0.497 e. The second kappa shape index (κ2) is 16.2. The summed E-state index contributed by atoms with van der Waals surface area (Å²) in [5.41, 5.74) is 21.4. The molecule has 0 saturated heterocycles. The van der Waals surface area contributed by atoms with E-state index in [1.165, 1.54) is 132 Å². The zero-order valence-electron chi connectivity index (χ0n) is 40.8. The normalized spacial score (nSPS) is 14.0. The zero-order valence-corrected chi connectivity index (χ0v) is 40.8. The van der Waals surface area contributed by atoms with Crippen LogP contribution in [0.4, 0.5) is 0 Å². The second-order valence-corrected chi connectivity index (χ2v) is 19.8. The maximum absolute atomic E-state index is 5.56. The average molecular weight is 901 g/mol. The van der Waals surface area contributed by atoms with Crippen LogP contribution in [0.2, 0.25) is 0 Å². The molecule has 0 spiro atoms. The Hall–Kier alpha value is -7.74. The molecule has 0 radical (unpaired) electrons. The van der Waals surface area contributed by atoms with E-state index in [1.54, 1.807) is 7.11 Å². The summed E-state index contributed by atoms with van der Waals surface area (Å²) < 4.78 is 5.56. The molecule has 0 amide bonds. The van der Waals surface area contributed by atoms with Crippen molar-refractivity contribution in [3.63, 3.8) is 0 Å². The molecule has 11 aromatic rings. The van der Waals surface area contributed by atoms with E-state index in [2.05, 4.69) is 228 Å². The first-order valence-electron chi connectivity index (χ1n) is 25.5. The maximum atomic E-state index is 5.56. The van der Waals surface area contributed by atoms with Gasteiger partial charge in [0, 0.05) is 10.8 Å². The molecular formula is C69H56O. The fraction of sp³-hybridized carbons (Fsp3) is 0.159. The lowest BCUT2D eigenvalue weighted by molar-refractivity contribution is 0.415. The number of ether oxygens (including phenoxy) is 1. The van der Waals surface area contributed by atoms with Crippen molar-refractivity contribution in [2.75, 3.05) is 7.11 Å². The first-order valence-corrected chi connectivity index (χ1v) is 25.5. The van der Waals surface area contributed by atoms with Crippen LogP contribution in [0.3, 0.4) is 0 Å². The quantitative estimate of drug-likeness (QED) is 0.131. The SMILES string of the molecule is CCC1(CC)c2ccccc2-c2ccc(-c3c4ccccc4c(-c4ccc5c(c4)C(CC)(CC)c4cc(-c6c7ccccc7c(-c7ccc(OC)cc7)c7ccccc67)ccc4-5)c4ccccc34)cc21. The minimum absolute atomic E-state index is 0.00531. The molecule has 2 aliphatic rings. The summed E-state index contributed by atoms with van der Waals surface area (Å²) in [5, 5.41) is 10.2. The topological polar surface area (TPSA) is 9.23 Å². The maximum Gasteiger partial charge on any atom is 0.118 e. The first-order chi connectivity index (χ1) is 34.5. The van der Waals surface area contributed by atoms with E-state index in [4.69, 9.17) is 4.74 Å². The van der Waals surface area contributed by atoms with Crippen molar-refractivity contribution >= 4 is 43.1 Å². The van der Waals surface area contributed by atoms with Gasteiger partial charge >= 0.3 is 0 Å². The third-order valence-corrected chi connectivity index (χ3v) is 17.2. The molecule has 0 aromatic heterocycles. The highest BCUT2D eigenvalue weighted by Crippen LogP contribution is 2.57. The first kappa shape index (κ1) is 42.4. The van der Waals surface area contributed by atoms with Gasteiger partial charge in [0.1, 0.15) is 5.75 Å². The smallest absolute Gasteiger partial charge is 0.118 e. The van der Waals surface area contributed by atoms with Crippen LogP contribution in [0, 0.1) is 0 Å². The zero-order chi connectivity index (χ0) is 47.3. The molecule has 0 atom stereocenters. The van der Waals surface area contributed by atoms with Crippen molar-refractivity contribution < 1.29 is 4.74 Å². The van der Waals surface area contributed by atoms with Crippen molar-refractivity contribution in [2.24, 2.45) is 0 Å². The number of fused-ring (bicyclic) bond motifs is 10. The lowest BCUT2D eigenvalue weighted by Gasteiger charge is -2.31. The fourth-order valence-corrected chi connectivity index (χ4v) is 13.7. The fourth-order valence-electron chi connectivity index (χ4n) is 13.7. The Labute approximate surface area is 412 Å². The number of hydrogen-bond acceptors (Lipinski definition) is 1. The van der Waals surface area contributed by atoms with Gasteiger partial charge in [-0.1, -0.05) is 198 Å². The van der Waals surface area contributed by atoms with E-state index >= 15 is 0 Å². The Bertz CT molecular complexity index is 3800. The van der Waals surface area contributed by atoms with Crippen molar-refractivity contribution in [1.29, 1.82) is 0 Å². The van der Waals surface area contributed by atoms with E-state index in [1.807, 2.05) is 0 Å². The monoisotopic (exact) mass is 900 g/mol. The molecule has 0 heterocycles. The Morgan fingerprint density at radius 1 is 0.286 bits per heavy atom. The molecule has 0 saturated carbocycles. The Morgan fingerprint density at radius 3 is 0.886 bits per heavy atom. The van der Waals surface area contributed by atoms with Gasteiger partial charge in [0.15, 0.2) is 0 Å². The van der Waals surface area contributed by atoms with Crippen molar-refractivity contribution in [3.8, 4) is 72.5 Å². The van der Waals surface area contributed by atoms with E-state index in [0.29, 0.717) is 0 Å². The molecule has 0 fully saturated rings. The molecule has 2 aliphatic carbocycles. The third kappa shape index (κ3) is 5.85. The molecule has 13 rings (SSSR count). The van der Waals surface area contributed by atoms with Gasteiger partial charge in [-0.15, -0.1) is 0 Å². The van der Waals surface area contributed by atoms with Gasteiger partial charge in [-0.05, 0) is 188 Å². The molecule has 0 N–H and O–H groups in total. The molecule has 0 bridgehead atoms. The highest BCUT2D eigenvalue weighted by atomic mass is 16.5. The molecule has 11 aromatic carbocycles. The van der Waals surface area contributed by atoms with E-state index < -0.39 is 0 Å². The highest BCUT2D eigenvalue weighted by molar-refractivity contribution is 6.23.